The normalized spacial score (nSPS) is 11.1. The molecule has 0 saturated heterocycles. The molecule has 0 fully saturated rings. The molecule has 0 aliphatic heterocycles. The van der Waals surface area contributed by atoms with Crippen molar-refractivity contribution in [2.75, 3.05) is 18.5 Å². The molecule has 1 aromatic carbocycles. The van der Waals surface area contributed by atoms with Crippen LogP contribution in [0.4, 0.5) is 10.5 Å². The van der Waals surface area contributed by atoms with E-state index in [-0.39, 0.29) is 11.6 Å². The minimum absolute atomic E-state index is 0.369. The Labute approximate surface area is 130 Å². The lowest BCUT2D eigenvalue weighted by Crippen LogP contribution is -2.52. The number of benzene rings is 1. The van der Waals surface area contributed by atoms with Gasteiger partial charge in [-0.3, -0.25) is 9.69 Å². The highest BCUT2D eigenvalue weighted by atomic mass is 35.5. The zero-order chi connectivity index (χ0) is 16.2. The van der Waals surface area contributed by atoms with Gasteiger partial charge in [-0.15, -0.1) is 0 Å². The molecule has 0 radical (unpaired) electrons. The molecule has 5 nitrogen and oxygen atoms in total. The molecule has 0 aromatic heterocycles. The van der Waals surface area contributed by atoms with E-state index in [0.29, 0.717) is 10.7 Å². The lowest BCUT2D eigenvalue weighted by molar-refractivity contribution is -0.135. The Morgan fingerprint density at radius 3 is 2.43 bits per heavy atom. The molecule has 0 unspecified atom stereocenters. The Balaban J connectivity index is 3.14. The number of hydrogen-bond acceptors (Lipinski definition) is 2. The summed E-state index contributed by atoms with van der Waals surface area (Å²) in [5, 5.41) is 9.51. The molecular formula is C15H21ClN2O3. The first-order valence-electron chi connectivity index (χ1n) is 6.71. The maximum atomic E-state index is 12.6. The van der Waals surface area contributed by atoms with Crippen LogP contribution in [0.2, 0.25) is 5.02 Å². The van der Waals surface area contributed by atoms with Crippen molar-refractivity contribution in [2.45, 2.75) is 32.7 Å². The van der Waals surface area contributed by atoms with Crippen LogP contribution < -0.4 is 4.90 Å². The minimum atomic E-state index is -1.08. The molecule has 0 heterocycles. The predicted octanol–water partition coefficient (Wildman–Crippen LogP) is 3.47. The van der Waals surface area contributed by atoms with E-state index in [4.69, 9.17) is 16.7 Å². The molecule has 0 aliphatic carbocycles. The number of nitrogens with zero attached hydrogens (tertiary/aromatic N) is 2. The van der Waals surface area contributed by atoms with Crippen LogP contribution in [-0.4, -0.2) is 41.1 Å². The van der Waals surface area contributed by atoms with Crippen molar-refractivity contribution in [2.24, 2.45) is 0 Å². The standard InChI is InChI=1S/C15H21ClN2O3/c1-5-15(2,3)17(4)14(21)18(10-13(19)20)12-8-6-7-11(16)9-12/h6-9H,5,10H2,1-4H3,(H,19,20). The summed E-state index contributed by atoms with van der Waals surface area (Å²) in [6, 6.07) is 6.24. The molecule has 21 heavy (non-hydrogen) atoms. The Bertz CT molecular complexity index is 531. The second-order valence-electron chi connectivity index (χ2n) is 5.47. The van der Waals surface area contributed by atoms with Gasteiger partial charge in [-0.25, -0.2) is 4.79 Å². The molecule has 0 saturated carbocycles. The predicted molar refractivity (Wildman–Crippen MR) is 84.0 cm³/mol. The van der Waals surface area contributed by atoms with E-state index in [1.807, 2.05) is 20.8 Å². The fraction of sp³-hybridized carbons (Fsp3) is 0.467. The summed E-state index contributed by atoms with van der Waals surface area (Å²) >= 11 is 5.93. The third kappa shape index (κ3) is 4.36. The highest BCUT2D eigenvalue weighted by Gasteiger charge is 2.30. The number of halogens is 1. The molecule has 2 amide bonds. The van der Waals surface area contributed by atoms with Crippen LogP contribution in [-0.2, 0) is 4.79 Å². The summed E-state index contributed by atoms with van der Waals surface area (Å²) in [6.45, 7) is 5.43. The van der Waals surface area contributed by atoms with Gasteiger partial charge < -0.3 is 10.0 Å². The molecule has 116 valence electrons. The molecule has 0 atom stereocenters. The average Bonchev–Trinajstić information content (AvgIpc) is 2.43. The second kappa shape index (κ2) is 6.80. The summed E-state index contributed by atoms with van der Waals surface area (Å²) < 4.78 is 0. The molecule has 1 aromatic rings. The summed E-state index contributed by atoms with van der Waals surface area (Å²) in [5.74, 6) is -1.08. The average molecular weight is 313 g/mol. The topological polar surface area (TPSA) is 60.9 Å². The van der Waals surface area contributed by atoms with E-state index in [1.165, 1.54) is 4.90 Å². The van der Waals surface area contributed by atoms with E-state index in [2.05, 4.69) is 0 Å². The number of carboxylic acid groups (broad SMARTS) is 1. The van der Waals surface area contributed by atoms with E-state index in [0.717, 1.165) is 6.42 Å². The Hall–Kier alpha value is -1.75. The van der Waals surface area contributed by atoms with Crippen molar-refractivity contribution in [3.63, 3.8) is 0 Å². The van der Waals surface area contributed by atoms with Gasteiger partial charge in [-0.1, -0.05) is 24.6 Å². The number of amides is 2. The molecule has 6 heteroatoms. The number of carbonyl (C=O) groups is 2. The quantitative estimate of drug-likeness (QED) is 0.905. The van der Waals surface area contributed by atoms with Crippen molar-refractivity contribution in [1.82, 2.24) is 4.90 Å². The first-order chi connectivity index (χ1) is 9.69. The van der Waals surface area contributed by atoms with Crippen LogP contribution >= 0.6 is 11.6 Å². The summed E-state index contributed by atoms with van der Waals surface area (Å²) in [7, 11) is 1.67. The smallest absolute Gasteiger partial charge is 0.325 e. The Morgan fingerprint density at radius 1 is 1.33 bits per heavy atom. The lowest BCUT2D eigenvalue weighted by Gasteiger charge is -2.38. The Kier molecular flexibility index (Phi) is 5.61. The van der Waals surface area contributed by atoms with Crippen molar-refractivity contribution >= 4 is 29.3 Å². The largest absolute Gasteiger partial charge is 0.480 e. The van der Waals surface area contributed by atoms with Gasteiger partial charge in [0.25, 0.3) is 0 Å². The van der Waals surface area contributed by atoms with Gasteiger partial charge in [-0.2, -0.15) is 0 Å². The second-order valence-corrected chi connectivity index (χ2v) is 5.90. The molecule has 1 rings (SSSR count). The highest BCUT2D eigenvalue weighted by Crippen LogP contribution is 2.24. The zero-order valence-electron chi connectivity index (χ0n) is 12.8. The molecule has 1 N–H and O–H groups in total. The maximum Gasteiger partial charge on any atom is 0.325 e. The fourth-order valence-electron chi connectivity index (χ4n) is 1.73. The lowest BCUT2D eigenvalue weighted by atomic mass is 10.0. The Morgan fingerprint density at radius 2 is 1.95 bits per heavy atom. The van der Waals surface area contributed by atoms with Gasteiger partial charge in [0.2, 0.25) is 0 Å². The summed E-state index contributed by atoms with van der Waals surface area (Å²) in [4.78, 5) is 26.5. The third-order valence-electron chi connectivity index (χ3n) is 3.70. The van der Waals surface area contributed by atoms with Crippen LogP contribution in [0.1, 0.15) is 27.2 Å². The van der Waals surface area contributed by atoms with E-state index < -0.39 is 12.5 Å². The molecule has 0 aliphatic rings. The number of carboxylic acids is 1. The number of hydrogen-bond donors (Lipinski definition) is 1. The number of carbonyl (C=O) groups excluding carboxylic acids is 1. The zero-order valence-corrected chi connectivity index (χ0v) is 13.5. The van der Waals surface area contributed by atoms with E-state index >= 15 is 0 Å². The van der Waals surface area contributed by atoms with Crippen molar-refractivity contribution < 1.29 is 14.7 Å². The number of anilines is 1. The molecule has 0 bridgehead atoms. The van der Waals surface area contributed by atoms with Gasteiger partial charge >= 0.3 is 12.0 Å². The third-order valence-corrected chi connectivity index (χ3v) is 3.94. The first-order valence-corrected chi connectivity index (χ1v) is 7.09. The number of aliphatic carboxylic acids is 1. The highest BCUT2D eigenvalue weighted by molar-refractivity contribution is 6.30. The van der Waals surface area contributed by atoms with Gasteiger partial charge in [0.05, 0.1) is 0 Å². The van der Waals surface area contributed by atoms with Crippen LogP contribution in [0.5, 0.6) is 0 Å². The van der Waals surface area contributed by atoms with Gasteiger partial charge in [-0.05, 0) is 38.5 Å². The van der Waals surface area contributed by atoms with Crippen LogP contribution in [0.25, 0.3) is 0 Å². The van der Waals surface area contributed by atoms with Crippen molar-refractivity contribution in [3.8, 4) is 0 Å². The SMILES string of the molecule is CCC(C)(C)N(C)C(=O)N(CC(=O)O)c1cccc(Cl)c1. The number of rotatable bonds is 5. The monoisotopic (exact) mass is 312 g/mol. The number of urea groups is 1. The molecule has 0 spiro atoms. The summed E-state index contributed by atoms with van der Waals surface area (Å²) in [6.07, 6.45) is 0.756. The van der Waals surface area contributed by atoms with Crippen LogP contribution in [0.3, 0.4) is 0 Å². The van der Waals surface area contributed by atoms with Crippen molar-refractivity contribution in [3.05, 3.63) is 29.3 Å². The minimum Gasteiger partial charge on any atom is -0.480 e. The maximum absolute atomic E-state index is 12.6. The van der Waals surface area contributed by atoms with E-state index in [9.17, 15) is 9.59 Å². The fourth-order valence-corrected chi connectivity index (χ4v) is 1.91. The van der Waals surface area contributed by atoms with Crippen molar-refractivity contribution in [1.29, 1.82) is 0 Å². The van der Waals surface area contributed by atoms with Crippen LogP contribution in [0, 0.1) is 0 Å². The first kappa shape index (κ1) is 17.3. The van der Waals surface area contributed by atoms with Gasteiger partial charge in [0.1, 0.15) is 6.54 Å². The molecular weight excluding hydrogens is 292 g/mol. The van der Waals surface area contributed by atoms with E-state index in [1.54, 1.807) is 36.2 Å². The van der Waals surface area contributed by atoms with Crippen LogP contribution in [0.15, 0.2) is 24.3 Å². The van der Waals surface area contributed by atoms with Gasteiger partial charge in [0.15, 0.2) is 0 Å². The summed E-state index contributed by atoms with van der Waals surface area (Å²) in [5.41, 5.74) is 0.0977. The van der Waals surface area contributed by atoms with Gasteiger partial charge in [0, 0.05) is 23.3 Å².